The van der Waals surface area contributed by atoms with E-state index in [1.807, 2.05) is 24.3 Å². The van der Waals surface area contributed by atoms with Crippen LogP contribution in [0.1, 0.15) is 11.1 Å². The minimum Gasteiger partial charge on any atom is -0.497 e. The van der Waals surface area contributed by atoms with Crippen molar-refractivity contribution in [1.29, 1.82) is 0 Å². The molecule has 2 rings (SSSR count). The molecule has 0 spiro atoms. The molecule has 0 aliphatic heterocycles. The third-order valence-corrected chi connectivity index (χ3v) is 4.11. The number of urea groups is 1. The van der Waals surface area contributed by atoms with Crippen molar-refractivity contribution in [2.75, 3.05) is 18.7 Å². The molecule has 0 fully saturated rings. The van der Waals surface area contributed by atoms with Crippen LogP contribution >= 0.6 is 0 Å². The number of benzene rings is 2. The van der Waals surface area contributed by atoms with Crippen molar-refractivity contribution >= 4 is 21.6 Å². The Kier molecular flexibility index (Phi) is 5.81. The lowest BCUT2D eigenvalue weighted by molar-refractivity contribution is 0.251. The number of methoxy groups -OCH3 is 1. The Labute approximate surface area is 141 Å². The van der Waals surface area contributed by atoms with Gasteiger partial charge in [-0.05, 0) is 29.3 Å². The van der Waals surface area contributed by atoms with Crippen LogP contribution in [0.5, 0.6) is 5.75 Å². The molecule has 0 bridgehead atoms. The number of ether oxygens (including phenoxy) is 1. The maximum atomic E-state index is 12.1. The van der Waals surface area contributed by atoms with Crippen LogP contribution in [-0.4, -0.2) is 27.8 Å². The van der Waals surface area contributed by atoms with Crippen molar-refractivity contribution in [3.05, 3.63) is 59.7 Å². The molecular weight excluding hydrogens is 328 g/mol. The number of para-hydroxylation sites is 1. The van der Waals surface area contributed by atoms with Gasteiger partial charge in [-0.25, -0.2) is 13.2 Å². The third kappa shape index (κ3) is 5.58. The third-order valence-electron chi connectivity index (χ3n) is 3.27. The maximum absolute atomic E-state index is 12.1. The second-order valence-corrected chi connectivity index (χ2v) is 7.53. The summed E-state index contributed by atoms with van der Waals surface area (Å²) in [7, 11) is -1.60. The van der Waals surface area contributed by atoms with Gasteiger partial charge in [0.25, 0.3) is 0 Å². The lowest BCUT2D eigenvalue weighted by Gasteiger charge is -2.12. The van der Waals surface area contributed by atoms with Gasteiger partial charge < -0.3 is 15.4 Å². The quantitative estimate of drug-likeness (QED) is 0.840. The molecule has 24 heavy (non-hydrogen) atoms. The predicted octanol–water partition coefficient (Wildman–Crippen LogP) is 2.56. The largest absolute Gasteiger partial charge is 0.497 e. The van der Waals surface area contributed by atoms with Gasteiger partial charge in [0.1, 0.15) is 5.75 Å². The maximum Gasteiger partial charge on any atom is 0.319 e. The molecule has 0 heterocycles. The zero-order valence-electron chi connectivity index (χ0n) is 13.6. The highest BCUT2D eigenvalue weighted by Gasteiger charge is 2.11. The average molecular weight is 348 g/mol. The van der Waals surface area contributed by atoms with E-state index in [4.69, 9.17) is 4.74 Å². The van der Waals surface area contributed by atoms with Gasteiger partial charge in [0.2, 0.25) is 0 Å². The van der Waals surface area contributed by atoms with Crippen molar-refractivity contribution in [3.8, 4) is 5.75 Å². The van der Waals surface area contributed by atoms with Crippen molar-refractivity contribution in [2.45, 2.75) is 12.3 Å². The molecule has 2 amide bonds. The van der Waals surface area contributed by atoms with Crippen LogP contribution in [0.25, 0.3) is 0 Å². The van der Waals surface area contributed by atoms with Gasteiger partial charge in [-0.2, -0.15) is 0 Å². The number of carbonyl (C=O) groups excluding carboxylic acids is 1. The summed E-state index contributed by atoms with van der Waals surface area (Å²) >= 11 is 0. The number of carbonyl (C=O) groups is 1. The van der Waals surface area contributed by atoms with Gasteiger partial charge >= 0.3 is 6.03 Å². The van der Waals surface area contributed by atoms with Crippen LogP contribution in [-0.2, 0) is 22.1 Å². The number of hydrogen-bond donors (Lipinski definition) is 2. The van der Waals surface area contributed by atoms with E-state index in [-0.39, 0.29) is 5.75 Å². The Balaban J connectivity index is 2.00. The lowest BCUT2D eigenvalue weighted by atomic mass is 10.2. The highest BCUT2D eigenvalue weighted by atomic mass is 32.2. The summed E-state index contributed by atoms with van der Waals surface area (Å²) in [5, 5.41) is 5.42. The Hall–Kier alpha value is -2.54. The predicted molar refractivity (Wildman–Crippen MR) is 93.8 cm³/mol. The molecule has 0 aliphatic carbocycles. The molecule has 0 unspecified atom stereocenters. The molecule has 2 N–H and O–H groups in total. The van der Waals surface area contributed by atoms with Gasteiger partial charge in [-0.1, -0.05) is 30.3 Å². The van der Waals surface area contributed by atoms with E-state index in [0.717, 1.165) is 11.8 Å². The first kappa shape index (κ1) is 17.8. The summed E-state index contributed by atoms with van der Waals surface area (Å²) in [6, 6.07) is 13.8. The molecule has 0 saturated heterocycles. The summed E-state index contributed by atoms with van der Waals surface area (Å²) in [5.41, 5.74) is 1.93. The van der Waals surface area contributed by atoms with Crippen molar-refractivity contribution in [1.82, 2.24) is 5.32 Å². The van der Waals surface area contributed by atoms with Gasteiger partial charge in [0.05, 0.1) is 12.9 Å². The Bertz CT molecular complexity index is 819. The Morgan fingerprint density at radius 1 is 1.12 bits per heavy atom. The molecule has 0 saturated carbocycles. The van der Waals surface area contributed by atoms with Crippen LogP contribution in [0.3, 0.4) is 0 Å². The van der Waals surface area contributed by atoms with E-state index < -0.39 is 15.9 Å². The van der Waals surface area contributed by atoms with E-state index in [0.29, 0.717) is 23.5 Å². The first-order valence-electron chi connectivity index (χ1n) is 7.31. The second kappa shape index (κ2) is 7.83. The molecule has 6 nitrogen and oxygen atoms in total. The van der Waals surface area contributed by atoms with Gasteiger partial charge in [-0.15, -0.1) is 0 Å². The average Bonchev–Trinajstić information content (AvgIpc) is 2.54. The summed E-state index contributed by atoms with van der Waals surface area (Å²) in [6.45, 7) is 0.331. The number of hydrogen-bond acceptors (Lipinski definition) is 4. The summed E-state index contributed by atoms with van der Waals surface area (Å²) in [5.74, 6) is 0.590. The highest BCUT2D eigenvalue weighted by molar-refractivity contribution is 7.89. The van der Waals surface area contributed by atoms with Gasteiger partial charge in [0.15, 0.2) is 9.84 Å². The van der Waals surface area contributed by atoms with Crippen molar-refractivity contribution in [3.63, 3.8) is 0 Å². The molecule has 0 aliphatic rings. The second-order valence-electron chi connectivity index (χ2n) is 5.39. The molecule has 7 heteroatoms. The minimum absolute atomic E-state index is 0.126. The van der Waals surface area contributed by atoms with Crippen LogP contribution < -0.4 is 15.4 Å². The standard InChI is InChI=1S/C17H20N2O4S/c1-23-15-8-5-6-13(10-15)11-18-17(20)19-16-9-4-3-7-14(16)12-24(2,21)22/h3-10H,11-12H2,1-2H3,(H2,18,19,20). The molecule has 0 atom stereocenters. The zero-order chi connectivity index (χ0) is 17.6. The first-order chi connectivity index (χ1) is 11.4. The molecular formula is C17H20N2O4S. The van der Waals surface area contributed by atoms with E-state index in [2.05, 4.69) is 10.6 Å². The van der Waals surface area contributed by atoms with Crippen LogP contribution in [0.4, 0.5) is 10.5 Å². The Morgan fingerprint density at radius 2 is 1.88 bits per heavy atom. The number of rotatable bonds is 6. The number of anilines is 1. The van der Waals surface area contributed by atoms with Crippen molar-refractivity contribution < 1.29 is 17.9 Å². The van der Waals surface area contributed by atoms with Crippen molar-refractivity contribution in [2.24, 2.45) is 0 Å². The normalized spacial score (nSPS) is 10.9. The first-order valence-corrected chi connectivity index (χ1v) is 9.37. The van der Waals surface area contributed by atoms with E-state index in [9.17, 15) is 13.2 Å². The minimum atomic E-state index is -3.18. The van der Waals surface area contributed by atoms with Gasteiger partial charge in [-0.3, -0.25) is 0 Å². The smallest absolute Gasteiger partial charge is 0.319 e. The fourth-order valence-electron chi connectivity index (χ4n) is 2.18. The van der Waals surface area contributed by atoms with E-state index >= 15 is 0 Å². The van der Waals surface area contributed by atoms with E-state index in [1.54, 1.807) is 31.4 Å². The molecule has 128 valence electrons. The number of sulfone groups is 1. The van der Waals surface area contributed by atoms with Gasteiger partial charge in [0, 0.05) is 18.5 Å². The fraction of sp³-hybridized carbons (Fsp3) is 0.235. The van der Waals surface area contributed by atoms with E-state index in [1.165, 1.54) is 0 Å². The lowest BCUT2D eigenvalue weighted by Crippen LogP contribution is -2.28. The number of amides is 2. The molecule has 0 radical (unpaired) electrons. The summed E-state index contributed by atoms with van der Waals surface area (Å²) in [4.78, 5) is 12.1. The van der Waals surface area contributed by atoms with Crippen LogP contribution in [0, 0.1) is 0 Å². The number of nitrogens with one attached hydrogen (secondary N) is 2. The Morgan fingerprint density at radius 3 is 2.58 bits per heavy atom. The zero-order valence-corrected chi connectivity index (χ0v) is 14.4. The fourth-order valence-corrected chi connectivity index (χ4v) is 3.00. The topological polar surface area (TPSA) is 84.5 Å². The SMILES string of the molecule is COc1cccc(CNC(=O)Nc2ccccc2CS(C)(=O)=O)c1. The summed E-state index contributed by atoms with van der Waals surface area (Å²) in [6.07, 6.45) is 1.16. The molecule has 2 aromatic rings. The monoisotopic (exact) mass is 348 g/mol. The molecule has 0 aromatic heterocycles. The summed E-state index contributed by atoms with van der Waals surface area (Å²) < 4.78 is 28.1. The van der Waals surface area contributed by atoms with Crippen LogP contribution in [0.2, 0.25) is 0 Å². The van der Waals surface area contributed by atoms with Crippen LogP contribution in [0.15, 0.2) is 48.5 Å². The molecule has 2 aromatic carbocycles. The highest BCUT2D eigenvalue weighted by Crippen LogP contribution is 2.17.